The summed E-state index contributed by atoms with van der Waals surface area (Å²) in [6.07, 6.45) is 4.72. The molecule has 0 unspecified atom stereocenters. The van der Waals surface area contributed by atoms with Crippen LogP contribution in [0.15, 0.2) is 0 Å². The van der Waals surface area contributed by atoms with Gasteiger partial charge in [0, 0.05) is 5.92 Å². The largest absolute Gasteiger partial charge is 0.480 e. The third-order valence-corrected chi connectivity index (χ3v) is 5.26. The Bertz CT molecular complexity index is 533. The number of amides is 1. The number of carboxylic acid groups (broad SMARTS) is 1. The molecule has 1 saturated carbocycles. The van der Waals surface area contributed by atoms with Crippen LogP contribution in [-0.4, -0.2) is 28.0 Å². The molecule has 1 amide bonds. The van der Waals surface area contributed by atoms with Gasteiger partial charge in [-0.3, -0.25) is 4.79 Å². The molecule has 2 rings (SSSR count). The van der Waals surface area contributed by atoms with E-state index in [1.807, 2.05) is 6.92 Å². The number of carbonyl (C=O) groups is 2. The van der Waals surface area contributed by atoms with E-state index in [9.17, 15) is 9.59 Å². The molecule has 5 nitrogen and oxygen atoms in total. The second kappa shape index (κ2) is 6.56. The number of aliphatic carboxylic acids is 1. The molecule has 116 valence electrons. The van der Waals surface area contributed by atoms with Gasteiger partial charge in [-0.1, -0.05) is 26.7 Å². The Labute approximate surface area is 128 Å². The average molecular weight is 310 g/mol. The van der Waals surface area contributed by atoms with Crippen LogP contribution in [0.5, 0.6) is 0 Å². The number of aromatic nitrogens is 1. The number of hydrogen-bond acceptors (Lipinski definition) is 4. The normalized spacial score (nSPS) is 17.1. The molecule has 1 aromatic rings. The van der Waals surface area contributed by atoms with Crippen molar-refractivity contribution in [3.8, 4) is 0 Å². The van der Waals surface area contributed by atoms with Gasteiger partial charge in [0.25, 0.3) is 5.91 Å². The molecule has 0 spiro atoms. The van der Waals surface area contributed by atoms with Crippen molar-refractivity contribution in [1.82, 2.24) is 10.3 Å². The van der Waals surface area contributed by atoms with Gasteiger partial charge in [0.15, 0.2) is 0 Å². The van der Waals surface area contributed by atoms with Gasteiger partial charge in [0.1, 0.15) is 10.9 Å². The lowest BCUT2D eigenvalue weighted by atomic mass is 10.0. The lowest BCUT2D eigenvalue weighted by Crippen LogP contribution is -2.44. The van der Waals surface area contributed by atoms with Gasteiger partial charge in [-0.15, -0.1) is 11.3 Å². The highest BCUT2D eigenvalue weighted by Crippen LogP contribution is 2.37. The second-order valence-electron chi connectivity index (χ2n) is 5.98. The number of hydrogen-bond donors (Lipinski definition) is 2. The Morgan fingerprint density at radius 3 is 2.48 bits per heavy atom. The van der Waals surface area contributed by atoms with Crippen molar-refractivity contribution in [2.75, 3.05) is 0 Å². The van der Waals surface area contributed by atoms with Crippen LogP contribution in [0, 0.1) is 12.8 Å². The zero-order valence-corrected chi connectivity index (χ0v) is 13.5. The molecule has 1 aliphatic carbocycles. The molecule has 21 heavy (non-hydrogen) atoms. The van der Waals surface area contributed by atoms with Crippen molar-refractivity contribution >= 4 is 23.2 Å². The molecule has 1 aliphatic rings. The zero-order valence-electron chi connectivity index (χ0n) is 12.7. The van der Waals surface area contributed by atoms with Gasteiger partial charge in [0.05, 0.1) is 10.7 Å². The molecule has 0 aliphatic heterocycles. The molecule has 0 aromatic carbocycles. The summed E-state index contributed by atoms with van der Waals surface area (Å²) in [7, 11) is 0. The fraction of sp³-hybridized carbons (Fsp3) is 0.667. The van der Waals surface area contributed by atoms with Gasteiger partial charge in [-0.2, -0.15) is 0 Å². The smallest absolute Gasteiger partial charge is 0.326 e. The van der Waals surface area contributed by atoms with Crippen molar-refractivity contribution in [3.05, 3.63) is 15.6 Å². The third-order valence-electron chi connectivity index (χ3n) is 3.94. The van der Waals surface area contributed by atoms with Gasteiger partial charge in [-0.25, -0.2) is 9.78 Å². The van der Waals surface area contributed by atoms with E-state index in [1.54, 1.807) is 13.8 Å². The molecular weight excluding hydrogens is 288 g/mol. The van der Waals surface area contributed by atoms with E-state index in [1.165, 1.54) is 24.2 Å². The summed E-state index contributed by atoms with van der Waals surface area (Å²) in [6.45, 7) is 5.38. The number of nitrogens with zero attached hydrogens (tertiary/aromatic N) is 1. The maximum atomic E-state index is 12.3. The van der Waals surface area contributed by atoms with Crippen LogP contribution in [-0.2, 0) is 4.79 Å². The van der Waals surface area contributed by atoms with Crippen LogP contribution in [0.25, 0.3) is 0 Å². The fourth-order valence-corrected chi connectivity index (χ4v) is 3.83. The number of carboxylic acids is 1. The Morgan fingerprint density at radius 1 is 1.33 bits per heavy atom. The number of thiazole rings is 1. The number of carbonyl (C=O) groups excluding carboxylic acids is 1. The fourth-order valence-electron chi connectivity index (χ4n) is 2.70. The molecule has 1 fully saturated rings. The molecule has 1 aromatic heterocycles. The Balaban J connectivity index is 2.13. The van der Waals surface area contributed by atoms with Crippen molar-refractivity contribution in [2.24, 2.45) is 5.92 Å². The molecule has 1 heterocycles. The van der Waals surface area contributed by atoms with E-state index < -0.39 is 12.0 Å². The molecule has 0 saturated heterocycles. The Kier molecular flexibility index (Phi) is 4.98. The first kappa shape index (κ1) is 15.9. The molecule has 2 N–H and O–H groups in total. The molecule has 6 heteroatoms. The third kappa shape index (κ3) is 3.61. The van der Waals surface area contributed by atoms with E-state index in [0.29, 0.717) is 16.5 Å². The van der Waals surface area contributed by atoms with Crippen molar-refractivity contribution in [3.63, 3.8) is 0 Å². The molecule has 0 bridgehead atoms. The van der Waals surface area contributed by atoms with Gasteiger partial charge < -0.3 is 10.4 Å². The minimum atomic E-state index is -1.00. The number of rotatable bonds is 5. The van der Waals surface area contributed by atoms with Crippen LogP contribution in [0.1, 0.15) is 65.8 Å². The molecule has 0 radical (unpaired) electrons. The summed E-state index contributed by atoms with van der Waals surface area (Å²) in [5.41, 5.74) is 0.701. The van der Waals surface area contributed by atoms with E-state index in [4.69, 9.17) is 5.11 Å². The first-order valence-electron chi connectivity index (χ1n) is 7.41. The predicted octanol–water partition coefficient (Wildman–Crippen LogP) is 2.95. The second-order valence-corrected chi connectivity index (χ2v) is 7.01. The Hall–Kier alpha value is -1.43. The van der Waals surface area contributed by atoms with Gasteiger partial charge >= 0.3 is 5.97 Å². The zero-order chi connectivity index (χ0) is 15.6. The highest BCUT2D eigenvalue weighted by atomic mass is 32.1. The van der Waals surface area contributed by atoms with Crippen LogP contribution in [0.3, 0.4) is 0 Å². The van der Waals surface area contributed by atoms with Crippen LogP contribution in [0.4, 0.5) is 0 Å². The van der Waals surface area contributed by atoms with Crippen molar-refractivity contribution < 1.29 is 14.7 Å². The minimum Gasteiger partial charge on any atom is -0.480 e. The quantitative estimate of drug-likeness (QED) is 0.876. The summed E-state index contributed by atoms with van der Waals surface area (Å²) in [6, 6.07) is -0.867. The van der Waals surface area contributed by atoms with E-state index in [0.717, 1.165) is 17.8 Å². The summed E-state index contributed by atoms with van der Waals surface area (Å²) >= 11 is 1.41. The summed E-state index contributed by atoms with van der Waals surface area (Å²) in [5, 5.41) is 12.8. The van der Waals surface area contributed by atoms with Crippen LogP contribution in [0.2, 0.25) is 0 Å². The van der Waals surface area contributed by atoms with Crippen LogP contribution < -0.4 is 5.32 Å². The standard InChI is InChI=1S/C15H22N2O3S/c1-8(2)11(15(19)20)17-13(18)12-9(3)16-14(21-12)10-6-4-5-7-10/h8,10-11H,4-7H2,1-3H3,(H,17,18)(H,19,20)/t11-/m1/s1. The van der Waals surface area contributed by atoms with E-state index >= 15 is 0 Å². The average Bonchev–Trinajstić information content (AvgIpc) is 3.03. The lowest BCUT2D eigenvalue weighted by molar-refractivity contribution is -0.140. The van der Waals surface area contributed by atoms with Crippen molar-refractivity contribution in [2.45, 2.75) is 58.4 Å². The predicted molar refractivity (Wildman–Crippen MR) is 81.8 cm³/mol. The highest BCUT2D eigenvalue weighted by molar-refractivity contribution is 7.13. The summed E-state index contributed by atoms with van der Waals surface area (Å²) in [5.74, 6) is -1.02. The SMILES string of the molecule is Cc1nc(C2CCCC2)sc1C(=O)N[C@@H](C(=O)O)C(C)C. The maximum absolute atomic E-state index is 12.3. The topological polar surface area (TPSA) is 79.3 Å². The minimum absolute atomic E-state index is 0.158. The Morgan fingerprint density at radius 2 is 1.95 bits per heavy atom. The van der Waals surface area contributed by atoms with E-state index in [2.05, 4.69) is 10.3 Å². The summed E-state index contributed by atoms with van der Waals surface area (Å²) < 4.78 is 0. The van der Waals surface area contributed by atoms with E-state index in [-0.39, 0.29) is 11.8 Å². The van der Waals surface area contributed by atoms with Crippen LogP contribution >= 0.6 is 11.3 Å². The maximum Gasteiger partial charge on any atom is 0.326 e. The summed E-state index contributed by atoms with van der Waals surface area (Å²) in [4.78, 5) is 28.6. The first-order chi connectivity index (χ1) is 9.90. The molecule has 1 atom stereocenters. The lowest BCUT2D eigenvalue weighted by Gasteiger charge is -2.17. The highest BCUT2D eigenvalue weighted by Gasteiger charge is 2.27. The monoisotopic (exact) mass is 310 g/mol. The number of nitrogens with one attached hydrogen (secondary N) is 1. The molecular formula is C15H22N2O3S. The number of aryl methyl sites for hydroxylation is 1. The first-order valence-corrected chi connectivity index (χ1v) is 8.22. The van der Waals surface area contributed by atoms with Gasteiger partial charge in [0.2, 0.25) is 0 Å². The van der Waals surface area contributed by atoms with Gasteiger partial charge in [-0.05, 0) is 25.7 Å². The van der Waals surface area contributed by atoms with Crippen molar-refractivity contribution in [1.29, 1.82) is 0 Å².